The normalized spacial score (nSPS) is 11.2. The predicted molar refractivity (Wildman–Crippen MR) is 95.3 cm³/mol. The summed E-state index contributed by atoms with van der Waals surface area (Å²) in [6.45, 7) is 0. The molecule has 0 spiro atoms. The van der Waals surface area contributed by atoms with E-state index in [4.69, 9.17) is 30.8 Å². The average Bonchev–Trinajstić information content (AvgIpc) is 2.53. The number of benzene rings is 2. The molecule has 0 aliphatic carbocycles. The molecule has 0 saturated heterocycles. The van der Waals surface area contributed by atoms with Crippen LogP contribution < -0.4 is 11.5 Å². The zero-order valence-corrected chi connectivity index (χ0v) is 15.3. The summed E-state index contributed by atoms with van der Waals surface area (Å²) in [5.74, 6) is -2.89. The van der Waals surface area contributed by atoms with Crippen molar-refractivity contribution in [2.45, 2.75) is 9.79 Å². The van der Waals surface area contributed by atoms with Gasteiger partial charge in [0.25, 0.3) is 20.2 Å². The molecule has 0 saturated carbocycles. The molecule has 0 amide bonds. The van der Waals surface area contributed by atoms with E-state index in [1.807, 2.05) is 0 Å². The fourth-order valence-corrected chi connectivity index (χ4v) is 3.29. The number of hydrogen-bond acceptors (Lipinski definition) is 8. The number of nitrogens with two attached hydrogens (primary N) is 2. The van der Waals surface area contributed by atoms with Crippen LogP contribution in [-0.4, -0.2) is 48.1 Å². The van der Waals surface area contributed by atoms with E-state index in [9.17, 15) is 26.4 Å². The van der Waals surface area contributed by atoms with Crippen molar-refractivity contribution in [1.82, 2.24) is 0 Å². The lowest BCUT2D eigenvalue weighted by molar-refractivity contribution is 0.0682. The van der Waals surface area contributed by atoms with Gasteiger partial charge in [-0.2, -0.15) is 16.8 Å². The molecule has 0 bridgehead atoms. The summed E-state index contributed by atoms with van der Waals surface area (Å²) in [6.07, 6.45) is 0. The van der Waals surface area contributed by atoms with Gasteiger partial charge in [0.05, 0.1) is 11.1 Å². The van der Waals surface area contributed by atoms with Crippen molar-refractivity contribution in [3.8, 4) is 0 Å². The van der Waals surface area contributed by atoms with Crippen LogP contribution in [0.4, 0.5) is 11.4 Å². The molecule has 152 valence electrons. The number of carboxylic acid groups (broad SMARTS) is 2. The van der Waals surface area contributed by atoms with Gasteiger partial charge in [-0.1, -0.05) is 0 Å². The maximum Gasteiger partial charge on any atom is 0.337 e. The summed E-state index contributed by atoms with van der Waals surface area (Å²) in [4.78, 5) is 19.7. The van der Waals surface area contributed by atoms with Crippen molar-refractivity contribution in [1.29, 1.82) is 0 Å². The number of aromatic carboxylic acids is 2. The van der Waals surface area contributed by atoms with Gasteiger partial charge in [0.15, 0.2) is 0 Å². The molecule has 14 heteroatoms. The first-order valence-electron chi connectivity index (χ1n) is 6.85. The fourth-order valence-electron chi connectivity index (χ4n) is 1.86. The smallest absolute Gasteiger partial charge is 0.337 e. The van der Waals surface area contributed by atoms with E-state index in [2.05, 4.69) is 0 Å². The Labute approximate surface area is 158 Å². The highest BCUT2D eigenvalue weighted by molar-refractivity contribution is 7.86. The molecule has 2 aromatic rings. The second-order valence-corrected chi connectivity index (χ2v) is 7.85. The van der Waals surface area contributed by atoms with Crippen molar-refractivity contribution in [3.63, 3.8) is 0 Å². The third kappa shape index (κ3) is 5.92. The third-order valence-electron chi connectivity index (χ3n) is 3.03. The van der Waals surface area contributed by atoms with Gasteiger partial charge in [0.2, 0.25) is 0 Å². The zero-order valence-electron chi connectivity index (χ0n) is 13.7. The molecule has 0 radical (unpaired) electrons. The molecule has 0 aliphatic rings. The SMILES string of the molecule is Nc1ccc(C(=O)O)c(S(=O)(=O)O)c1.Nc1ccc(C(=O)O)c(S(=O)(=O)O)c1. The first-order chi connectivity index (χ1) is 12.6. The summed E-state index contributed by atoms with van der Waals surface area (Å²) >= 11 is 0. The van der Waals surface area contributed by atoms with E-state index in [-0.39, 0.29) is 11.4 Å². The molecular weight excluding hydrogens is 420 g/mol. The van der Waals surface area contributed by atoms with Gasteiger partial charge >= 0.3 is 11.9 Å². The molecule has 0 atom stereocenters. The Morgan fingerprint density at radius 2 is 0.964 bits per heavy atom. The Morgan fingerprint density at radius 3 is 1.18 bits per heavy atom. The Hall–Kier alpha value is -3.20. The van der Waals surface area contributed by atoms with Gasteiger partial charge in [0.1, 0.15) is 9.79 Å². The van der Waals surface area contributed by atoms with Gasteiger partial charge in [-0.25, -0.2) is 9.59 Å². The van der Waals surface area contributed by atoms with Crippen LogP contribution in [0.25, 0.3) is 0 Å². The second-order valence-electron chi connectivity index (χ2n) is 5.07. The van der Waals surface area contributed by atoms with Gasteiger partial charge in [-0.3, -0.25) is 9.11 Å². The summed E-state index contributed by atoms with van der Waals surface area (Å²) in [6, 6.07) is 6.27. The topological polar surface area (TPSA) is 235 Å². The highest BCUT2D eigenvalue weighted by Crippen LogP contribution is 2.19. The van der Waals surface area contributed by atoms with Gasteiger partial charge < -0.3 is 21.7 Å². The average molecular weight is 434 g/mol. The van der Waals surface area contributed by atoms with Crippen LogP contribution in [0.3, 0.4) is 0 Å². The lowest BCUT2D eigenvalue weighted by atomic mass is 10.2. The molecule has 0 aromatic heterocycles. The van der Waals surface area contributed by atoms with E-state index in [0.29, 0.717) is 0 Å². The highest BCUT2D eigenvalue weighted by atomic mass is 32.2. The van der Waals surface area contributed by atoms with Gasteiger partial charge in [-0.15, -0.1) is 0 Å². The quantitative estimate of drug-likeness (QED) is 0.284. The number of hydrogen-bond donors (Lipinski definition) is 6. The molecule has 0 unspecified atom stereocenters. The van der Waals surface area contributed by atoms with Crippen molar-refractivity contribution >= 4 is 43.5 Å². The van der Waals surface area contributed by atoms with Crippen LogP contribution in [0.2, 0.25) is 0 Å². The van der Waals surface area contributed by atoms with Crippen LogP contribution >= 0.6 is 0 Å². The van der Waals surface area contributed by atoms with Gasteiger partial charge in [0, 0.05) is 11.4 Å². The van der Waals surface area contributed by atoms with Gasteiger partial charge in [-0.05, 0) is 36.4 Å². The molecule has 2 aromatic carbocycles. The minimum atomic E-state index is -4.56. The minimum Gasteiger partial charge on any atom is -0.478 e. The molecule has 8 N–H and O–H groups in total. The highest BCUT2D eigenvalue weighted by Gasteiger charge is 2.20. The molecule has 0 heterocycles. The van der Waals surface area contributed by atoms with E-state index < -0.39 is 53.1 Å². The summed E-state index contributed by atoms with van der Waals surface area (Å²) in [5, 5.41) is 17.2. The van der Waals surface area contributed by atoms with Crippen molar-refractivity contribution in [2.75, 3.05) is 11.5 Å². The largest absolute Gasteiger partial charge is 0.478 e. The van der Waals surface area contributed by atoms with Crippen LogP contribution in [0.1, 0.15) is 20.7 Å². The fraction of sp³-hybridized carbons (Fsp3) is 0. The molecule has 0 aliphatic heterocycles. The Balaban J connectivity index is 0.000000280. The lowest BCUT2D eigenvalue weighted by Gasteiger charge is -2.03. The molecule has 2 rings (SSSR count). The second kappa shape index (κ2) is 8.22. The van der Waals surface area contributed by atoms with Crippen LogP contribution in [0.15, 0.2) is 46.2 Å². The summed E-state index contributed by atoms with van der Waals surface area (Å²) in [7, 11) is -9.12. The monoisotopic (exact) mass is 434 g/mol. The Bertz CT molecular complexity index is 1050. The third-order valence-corrected chi connectivity index (χ3v) is 4.82. The van der Waals surface area contributed by atoms with Crippen molar-refractivity contribution in [3.05, 3.63) is 47.5 Å². The van der Waals surface area contributed by atoms with E-state index >= 15 is 0 Å². The Morgan fingerprint density at radius 1 is 0.679 bits per heavy atom. The van der Waals surface area contributed by atoms with Crippen LogP contribution in [0, 0.1) is 0 Å². The molecule has 12 nitrogen and oxygen atoms in total. The minimum absolute atomic E-state index is 0.0580. The van der Waals surface area contributed by atoms with E-state index in [0.717, 1.165) is 24.3 Å². The molecular formula is C14H14N2O10S2. The first-order valence-corrected chi connectivity index (χ1v) is 9.73. The molecule has 28 heavy (non-hydrogen) atoms. The van der Waals surface area contributed by atoms with Crippen LogP contribution in [0.5, 0.6) is 0 Å². The number of carbonyl (C=O) groups is 2. The lowest BCUT2D eigenvalue weighted by Crippen LogP contribution is -2.08. The maximum atomic E-state index is 10.7. The zero-order chi connectivity index (χ0) is 21.9. The van der Waals surface area contributed by atoms with E-state index in [1.54, 1.807) is 0 Å². The van der Waals surface area contributed by atoms with Crippen molar-refractivity contribution in [2.24, 2.45) is 0 Å². The standard InChI is InChI=1S/2C7H7NO5S/c2*8-4-1-2-5(7(9)10)6(3-4)14(11,12)13/h2*1-3H,8H2,(H,9,10)(H,11,12,13). The Kier molecular flexibility index (Phi) is 6.70. The first kappa shape index (κ1) is 22.8. The van der Waals surface area contributed by atoms with Crippen molar-refractivity contribution < 1.29 is 45.7 Å². The van der Waals surface area contributed by atoms with Crippen LogP contribution in [-0.2, 0) is 20.2 Å². The number of rotatable bonds is 4. The maximum absolute atomic E-state index is 10.7. The number of nitrogen functional groups attached to an aromatic ring is 2. The summed E-state index contributed by atoms with van der Waals surface area (Å²) in [5.41, 5.74) is 9.60. The molecule has 0 fully saturated rings. The number of carboxylic acids is 2. The predicted octanol–water partition coefficient (Wildman–Crippen LogP) is 0.427. The number of anilines is 2. The summed E-state index contributed by atoms with van der Waals surface area (Å²) < 4.78 is 60.4. The van der Waals surface area contributed by atoms with E-state index in [1.165, 1.54) is 12.1 Å².